The lowest BCUT2D eigenvalue weighted by molar-refractivity contribution is 0.573. The van der Waals surface area contributed by atoms with Crippen molar-refractivity contribution in [1.82, 2.24) is 4.98 Å². The molecule has 0 N–H and O–H groups in total. The molecule has 0 aromatic carbocycles. The van der Waals surface area contributed by atoms with E-state index in [9.17, 15) is 8.42 Å². The third-order valence-electron chi connectivity index (χ3n) is 2.31. The summed E-state index contributed by atoms with van der Waals surface area (Å²) in [5.74, 6) is 0.727. The second-order valence-corrected chi connectivity index (χ2v) is 6.24. The van der Waals surface area contributed by atoms with Crippen molar-refractivity contribution in [3.8, 4) is 0 Å². The Morgan fingerprint density at radius 2 is 2.13 bits per heavy atom. The molecule has 1 aromatic heterocycles. The molecule has 0 saturated carbocycles. The molecule has 0 amide bonds. The first kappa shape index (κ1) is 10.9. The molecule has 82 valence electrons. The van der Waals surface area contributed by atoms with Gasteiger partial charge in [0.25, 0.3) is 0 Å². The van der Waals surface area contributed by atoms with Crippen LogP contribution in [-0.4, -0.2) is 25.7 Å². The second-order valence-electron chi connectivity index (χ2n) is 3.41. The zero-order valence-electron chi connectivity index (χ0n) is 8.06. The molecular weight excluding hydrogens is 280 g/mol. The van der Waals surface area contributed by atoms with Gasteiger partial charge in [-0.25, -0.2) is 13.4 Å². The lowest BCUT2D eigenvalue weighted by Gasteiger charge is -2.27. The maximum atomic E-state index is 11.8. The van der Waals surface area contributed by atoms with Gasteiger partial charge in [0.2, 0.25) is 10.0 Å². The summed E-state index contributed by atoms with van der Waals surface area (Å²) in [5, 5.41) is 0. The Bertz CT molecular complexity index is 461. The minimum absolute atomic E-state index is 0.223. The average Bonchev–Trinajstić information content (AvgIpc) is 2.17. The van der Waals surface area contributed by atoms with Crippen molar-refractivity contribution in [3.05, 3.63) is 22.8 Å². The predicted molar refractivity (Wildman–Crippen MR) is 62.3 cm³/mol. The van der Waals surface area contributed by atoms with Crippen molar-refractivity contribution in [2.75, 3.05) is 16.6 Å². The monoisotopic (exact) mass is 290 g/mol. The summed E-state index contributed by atoms with van der Waals surface area (Å²) in [6, 6.07) is 5.28. The van der Waals surface area contributed by atoms with Crippen LogP contribution >= 0.6 is 15.9 Å². The first-order valence-electron chi connectivity index (χ1n) is 4.72. The Labute approximate surface area is 97.5 Å². The Kier molecular flexibility index (Phi) is 2.97. The lowest BCUT2D eigenvalue weighted by atomic mass is 10.3. The smallest absolute Gasteiger partial charge is 0.236 e. The van der Waals surface area contributed by atoms with Crippen LogP contribution in [0.3, 0.4) is 0 Å². The maximum Gasteiger partial charge on any atom is 0.236 e. The molecule has 1 fully saturated rings. The van der Waals surface area contributed by atoms with E-state index in [-0.39, 0.29) is 5.75 Å². The zero-order chi connectivity index (χ0) is 10.9. The molecule has 2 heterocycles. The van der Waals surface area contributed by atoms with Gasteiger partial charge in [-0.1, -0.05) is 6.07 Å². The van der Waals surface area contributed by atoms with Crippen molar-refractivity contribution in [1.29, 1.82) is 0 Å². The number of sulfonamides is 1. The van der Waals surface area contributed by atoms with Crippen LogP contribution in [-0.2, 0) is 10.0 Å². The minimum atomic E-state index is -3.14. The second kappa shape index (κ2) is 4.09. The molecular formula is C9H11BrN2O2S. The van der Waals surface area contributed by atoms with Crippen LogP contribution in [0, 0.1) is 0 Å². The fraction of sp³-hybridized carbons (Fsp3) is 0.444. The first-order chi connectivity index (χ1) is 7.09. The quantitative estimate of drug-likeness (QED) is 0.741. The Hall–Kier alpha value is -0.620. The number of rotatable bonds is 1. The van der Waals surface area contributed by atoms with Gasteiger partial charge in [0.05, 0.1) is 5.75 Å². The molecule has 0 atom stereocenters. The van der Waals surface area contributed by atoms with Crippen LogP contribution in [0.5, 0.6) is 0 Å². The molecule has 1 aliphatic rings. The van der Waals surface area contributed by atoms with Gasteiger partial charge in [-0.2, -0.15) is 0 Å². The number of halogens is 1. The van der Waals surface area contributed by atoms with E-state index in [2.05, 4.69) is 20.9 Å². The molecule has 2 rings (SSSR count). The predicted octanol–water partition coefficient (Wildman–Crippen LogP) is 1.77. The summed E-state index contributed by atoms with van der Waals surface area (Å²) in [5.41, 5.74) is 0. The molecule has 1 aliphatic heterocycles. The van der Waals surface area contributed by atoms with Gasteiger partial charge in [-0.15, -0.1) is 0 Å². The highest BCUT2D eigenvalue weighted by Gasteiger charge is 2.26. The molecule has 0 unspecified atom stereocenters. The first-order valence-corrected chi connectivity index (χ1v) is 7.13. The van der Waals surface area contributed by atoms with Gasteiger partial charge in [-0.3, -0.25) is 4.31 Å². The molecule has 15 heavy (non-hydrogen) atoms. The van der Waals surface area contributed by atoms with E-state index in [0.29, 0.717) is 17.0 Å². The van der Waals surface area contributed by atoms with Crippen molar-refractivity contribution >= 4 is 31.8 Å². The van der Waals surface area contributed by atoms with E-state index >= 15 is 0 Å². The van der Waals surface area contributed by atoms with Crippen LogP contribution in [0.25, 0.3) is 0 Å². The van der Waals surface area contributed by atoms with Crippen LogP contribution in [0.4, 0.5) is 5.82 Å². The third kappa shape index (κ3) is 2.31. The van der Waals surface area contributed by atoms with Gasteiger partial charge in [0.1, 0.15) is 10.4 Å². The van der Waals surface area contributed by atoms with Gasteiger partial charge >= 0.3 is 0 Å². The van der Waals surface area contributed by atoms with E-state index < -0.39 is 10.0 Å². The Morgan fingerprint density at radius 1 is 1.33 bits per heavy atom. The number of nitrogens with zero attached hydrogens (tertiary/aromatic N) is 2. The molecule has 4 nitrogen and oxygen atoms in total. The Morgan fingerprint density at radius 3 is 2.80 bits per heavy atom. The summed E-state index contributed by atoms with van der Waals surface area (Å²) in [4.78, 5) is 4.16. The number of aromatic nitrogens is 1. The highest BCUT2D eigenvalue weighted by Crippen LogP contribution is 2.22. The number of hydrogen-bond donors (Lipinski definition) is 0. The normalized spacial score (nSPS) is 20.2. The molecule has 0 radical (unpaired) electrons. The van der Waals surface area contributed by atoms with Crippen LogP contribution in [0.2, 0.25) is 0 Å². The van der Waals surface area contributed by atoms with E-state index in [1.807, 2.05) is 0 Å². The van der Waals surface area contributed by atoms with Crippen molar-refractivity contribution in [3.63, 3.8) is 0 Å². The molecule has 1 saturated heterocycles. The summed E-state index contributed by atoms with van der Waals surface area (Å²) in [7, 11) is -3.14. The minimum Gasteiger partial charge on any atom is -0.254 e. The SMILES string of the molecule is O=S1(=O)CCCCN1c1cccc(Br)n1. The van der Waals surface area contributed by atoms with Crippen LogP contribution in [0.15, 0.2) is 22.8 Å². The fourth-order valence-electron chi connectivity index (χ4n) is 1.58. The highest BCUT2D eigenvalue weighted by molar-refractivity contribution is 9.10. The summed E-state index contributed by atoms with van der Waals surface area (Å²) >= 11 is 3.23. The maximum absolute atomic E-state index is 11.8. The Balaban J connectivity index is 2.37. The number of anilines is 1. The molecule has 1 aromatic rings. The van der Waals surface area contributed by atoms with E-state index in [1.165, 1.54) is 4.31 Å². The summed E-state index contributed by atoms with van der Waals surface area (Å²) < 4.78 is 25.6. The molecule has 0 spiro atoms. The largest absolute Gasteiger partial charge is 0.254 e. The summed E-state index contributed by atoms with van der Waals surface area (Å²) in [6.07, 6.45) is 1.64. The topological polar surface area (TPSA) is 50.3 Å². The number of pyridine rings is 1. The van der Waals surface area contributed by atoms with Crippen molar-refractivity contribution in [2.45, 2.75) is 12.8 Å². The van der Waals surface area contributed by atoms with Crippen LogP contribution < -0.4 is 4.31 Å². The summed E-state index contributed by atoms with van der Waals surface area (Å²) in [6.45, 7) is 0.534. The van der Waals surface area contributed by atoms with E-state index in [4.69, 9.17) is 0 Å². The van der Waals surface area contributed by atoms with Crippen molar-refractivity contribution < 1.29 is 8.42 Å². The van der Waals surface area contributed by atoms with E-state index in [0.717, 1.165) is 12.8 Å². The molecule has 0 aliphatic carbocycles. The fourth-order valence-corrected chi connectivity index (χ4v) is 3.50. The van der Waals surface area contributed by atoms with Crippen LogP contribution in [0.1, 0.15) is 12.8 Å². The molecule has 6 heteroatoms. The third-order valence-corrected chi connectivity index (χ3v) is 4.59. The average molecular weight is 291 g/mol. The van der Waals surface area contributed by atoms with Gasteiger partial charge < -0.3 is 0 Å². The van der Waals surface area contributed by atoms with Crippen molar-refractivity contribution in [2.24, 2.45) is 0 Å². The highest BCUT2D eigenvalue weighted by atomic mass is 79.9. The van der Waals surface area contributed by atoms with E-state index in [1.54, 1.807) is 18.2 Å². The molecule has 0 bridgehead atoms. The standard InChI is InChI=1S/C9H11BrN2O2S/c10-8-4-3-5-9(11-8)12-6-1-2-7-15(12,13)14/h3-5H,1-2,6-7H2. The lowest BCUT2D eigenvalue weighted by Crippen LogP contribution is -2.38. The zero-order valence-corrected chi connectivity index (χ0v) is 10.5. The van der Waals surface area contributed by atoms with Gasteiger partial charge in [-0.05, 0) is 40.9 Å². The number of hydrogen-bond acceptors (Lipinski definition) is 3. The van der Waals surface area contributed by atoms with Gasteiger partial charge in [0, 0.05) is 6.54 Å². The van der Waals surface area contributed by atoms with Gasteiger partial charge in [0.15, 0.2) is 0 Å².